The molecule has 21 heavy (non-hydrogen) atoms. The van der Waals surface area contributed by atoms with Crippen LogP contribution in [0.3, 0.4) is 0 Å². The predicted molar refractivity (Wildman–Crippen MR) is 76.9 cm³/mol. The lowest BCUT2D eigenvalue weighted by Crippen LogP contribution is -2.54. The van der Waals surface area contributed by atoms with Crippen molar-refractivity contribution in [2.45, 2.75) is 31.5 Å². The molecule has 1 aromatic rings. The third-order valence-electron chi connectivity index (χ3n) is 4.44. The highest BCUT2D eigenvalue weighted by Crippen LogP contribution is 2.46. The molecule has 1 N–H and O–H groups in total. The number of carbonyl (C=O) groups is 2. The van der Waals surface area contributed by atoms with Gasteiger partial charge in [-0.2, -0.15) is 0 Å². The highest BCUT2D eigenvalue weighted by Gasteiger charge is 2.57. The fourth-order valence-corrected chi connectivity index (χ4v) is 3.25. The van der Waals surface area contributed by atoms with Gasteiger partial charge in [0.1, 0.15) is 5.78 Å². The summed E-state index contributed by atoms with van der Waals surface area (Å²) in [5.41, 5.74) is -1.24. The van der Waals surface area contributed by atoms with Gasteiger partial charge >= 0.3 is 0 Å². The van der Waals surface area contributed by atoms with Crippen molar-refractivity contribution in [2.24, 2.45) is 5.92 Å². The molecule has 1 aromatic carbocycles. The van der Waals surface area contributed by atoms with Gasteiger partial charge in [-0.25, -0.2) is 0 Å². The largest absolute Gasteiger partial charge is 0.375 e. The van der Waals surface area contributed by atoms with Crippen molar-refractivity contribution in [3.8, 4) is 0 Å². The Morgan fingerprint density at radius 3 is 2.62 bits per heavy atom. The number of amides is 1. The van der Waals surface area contributed by atoms with Gasteiger partial charge in [0.2, 0.25) is 0 Å². The maximum absolute atomic E-state index is 12.6. The number of ether oxygens (including phenoxy) is 1. The molecule has 1 amide bonds. The van der Waals surface area contributed by atoms with E-state index in [9.17, 15) is 14.7 Å². The smallest absolute Gasteiger partial charge is 0.264 e. The summed E-state index contributed by atoms with van der Waals surface area (Å²) in [6.07, 6.45) is 0.194. The van der Waals surface area contributed by atoms with Gasteiger partial charge in [-0.05, 0) is 19.9 Å². The Hall–Kier alpha value is -1.72. The number of benzene rings is 1. The summed E-state index contributed by atoms with van der Waals surface area (Å²) in [6, 6.07) is 7.03. The molecule has 2 aliphatic heterocycles. The summed E-state index contributed by atoms with van der Waals surface area (Å²) in [5.74, 6) is -1.46. The first-order valence-electron chi connectivity index (χ1n) is 7.04. The predicted octanol–water partition coefficient (Wildman–Crippen LogP) is 1.23. The molecule has 2 heterocycles. The summed E-state index contributed by atoms with van der Waals surface area (Å²) in [4.78, 5) is 26.4. The molecule has 0 aliphatic carbocycles. The van der Waals surface area contributed by atoms with E-state index in [1.165, 1.54) is 4.90 Å². The number of hydrogen-bond acceptors (Lipinski definition) is 4. The number of ketones is 1. The van der Waals surface area contributed by atoms with Gasteiger partial charge in [0, 0.05) is 19.0 Å². The van der Waals surface area contributed by atoms with Gasteiger partial charge in [-0.3, -0.25) is 9.59 Å². The summed E-state index contributed by atoms with van der Waals surface area (Å²) in [6.45, 7) is 3.72. The Bertz CT molecular complexity index is 624. The zero-order valence-corrected chi connectivity index (χ0v) is 12.4. The number of carbonyl (C=O) groups excluding carboxylic acids is 2. The normalized spacial score (nSPS) is 31.4. The van der Waals surface area contributed by atoms with Crippen LogP contribution in [0.1, 0.15) is 25.8 Å². The van der Waals surface area contributed by atoms with Crippen molar-refractivity contribution < 1.29 is 19.4 Å². The van der Waals surface area contributed by atoms with E-state index in [0.29, 0.717) is 11.3 Å². The van der Waals surface area contributed by atoms with Gasteiger partial charge in [-0.15, -0.1) is 0 Å². The second-order valence-electron chi connectivity index (χ2n) is 6.41. The number of rotatable bonds is 1. The third-order valence-corrected chi connectivity index (χ3v) is 4.44. The molecular formula is C16H19NO4. The van der Waals surface area contributed by atoms with Gasteiger partial charge in [-0.1, -0.05) is 18.2 Å². The topological polar surface area (TPSA) is 66.8 Å². The number of para-hydroxylation sites is 1. The summed E-state index contributed by atoms with van der Waals surface area (Å²) < 4.78 is 5.67. The minimum atomic E-state index is -1.82. The first kappa shape index (κ1) is 14.2. The number of anilines is 1. The molecule has 112 valence electrons. The van der Waals surface area contributed by atoms with E-state index in [0.717, 1.165) is 0 Å². The van der Waals surface area contributed by atoms with E-state index >= 15 is 0 Å². The van der Waals surface area contributed by atoms with Crippen LogP contribution in [0.25, 0.3) is 0 Å². The van der Waals surface area contributed by atoms with Crippen molar-refractivity contribution in [1.29, 1.82) is 0 Å². The second-order valence-corrected chi connectivity index (χ2v) is 6.41. The Labute approximate surface area is 123 Å². The Kier molecular flexibility index (Phi) is 2.97. The average Bonchev–Trinajstić information content (AvgIpc) is 2.61. The molecule has 0 radical (unpaired) electrons. The van der Waals surface area contributed by atoms with Crippen molar-refractivity contribution in [3.63, 3.8) is 0 Å². The van der Waals surface area contributed by atoms with Crippen molar-refractivity contribution in [2.75, 3.05) is 18.6 Å². The van der Waals surface area contributed by atoms with Crippen LogP contribution in [0.4, 0.5) is 5.69 Å². The van der Waals surface area contributed by atoms with Gasteiger partial charge in [0.25, 0.3) is 5.91 Å². The van der Waals surface area contributed by atoms with Crippen molar-refractivity contribution in [1.82, 2.24) is 0 Å². The second kappa shape index (κ2) is 4.39. The molecule has 0 saturated carbocycles. The van der Waals surface area contributed by atoms with E-state index in [-0.39, 0.29) is 18.8 Å². The Balaban J connectivity index is 2.05. The number of aliphatic hydroxyl groups is 1. The summed E-state index contributed by atoms with van der Waals surface area (Å²) in [5, 5.41) is 11.1. The van der Waals surface area contributed by atoms with Crippen LogP contribution in [0, 0.1) is 5.92 Å². The van der Waals surface area contributed by atoms with Crippen LogP contribution < -0.4 is 4.90 Å². The maximum Gasteiger partial charge on any atom is 0.264 e. The third kappa shape index (κ3) is 1.92. The molecule has 0 bridgehead atoms. The number of fused-ring (bicyclic) bond motifs is 1. The molecule has 5 heteroatoms. The molecule has 2 atom stereocenters. The molecular weight excluding hydrogens is 270 g/mol. The van der Waals surface area contributed by atoms with Crippen LogP contribution >= 0.6 is 0 Å². The van der Waals surface area contributed by atoms with Crippen LogP contribution in [-0.4, -0.2) is 36.1 Å². The molecule has 2 aliphatic rings. The van der Waals surface area contributed by atoms with E-state index in [4.69, 9.17) is 4.74 Å². The minimum Gasteiger partial charge on any atom is -0.375 e. The number of Topliss-reactive ketones (excluding diaryl/α,β-unsaturated/α-hetero) is 1. The Morgan fingerprint density at radius 2 is 1.95 bits per heavy atom. The van der Waals surface area contributed by atoms with Gasteiger partial charge < -0.3 is 14.7 Å². The van der Waals surface area contributed by atoms with E-state index in [1.807, 2.05) is 13.8 Å². The molecule has 1 fully saturated rings. The van der Waals surface area contributed by atoms with E-state index in [2.05, 4.69) is 0 Å². The van der Waals surface area contributed by atoms with Crippen LogP contribution in [0.5, 0.6) is 0 Å². The maximum atomic E-state index is 12.6. The molecule has 5 nitrogen and oxygen atoms in total. The molecule has 3 rings (SSSR count). The highest BCUT2D eigenvalue weighted by molar-refractivity contribution is 6.09. The lowest BCUT2D eigenvalue weighted by atomic mass is 9.76. The lowest BCUT2D eigenvalue weighted by molar-refractivity contribution is -0.172. The first-order valence-corrected chi connectivity index (χ1v) is 7.04. The fourth-order valence-electron chi connectivity index (χ4n) is 3.25. The summed E-state index contributed by atoms with van der Waals surface area (Å²) >= 11 is 0. The van der Waals surface area contributed by atoms with Gasteiger partial charge in [0.05, 0.1) is 23.8 Å². The fraction of sp³-hybridized carbons (Fsp3) is 0.500. The zero-order chi connectivity index (χ0) is 15.4. The molecule has 0 spiro atoms. The van der Waals surface area contributed by atoms with Crippen molar-refractivity contribution >= 4 is 17.4 Å². The molecule has 0 aromatic heterocycles. The van der Waals surface area contributed by atoms with E-state index in [1.54, 1.807) is 31.3 Å². The van der Waals surface area contributed by atoms with Crippen LogP contribution in [0.2, 0.25) is 0 Å². The lowest BCUT2D eigenvalue weighted by Gasteiger charge is -2.39. The monoisotopic (exact) mass is 289 g/mol. The van der Waals surface area contributed by atoms with Gasteiger partial charge in [0.15, 0.2) is 5.60 Å². The quantitative estimate of drug-likeness (QED) is 0.844. The zero-order valence-electron chi connectivity index (χ0n) is 12.4. The minimum absolute atomic E-state index is 0.0518. The summed E-state index contributed by atoms with van der Waals surface area (Å²) in [7, 11) is 1.61. The number of likely N-dealkylation sites (N-methyl/N-ethyl adjacent to an activating group) is 1. The number of nitrogens with zero attached hydrogens (tertiary/aromatic N) is 1. The Morgan fingerprint density at radius 1 is 1.29 bits per heavy atom. The molecule has 1 saturated heterocycles. The first-order chi connectivity index (χ1) is 9.77. The average molecular weight is 289 g/mol. The van der Waals surface area contributed by atoms with Crippen molar-refractivity contribution in [3.05, 3.63) is 29.8 Å². The highest BCUT2D eigenvalue weighted by atomic mass is 16.5. The molecule has 0 unspecified atom stereocenters. The van der Waals surface area contributed by atoms with Crippen LogP contribution in [0.15, 0.2) is 24.3 Å². The standard InChI is InChI=1S/C16H19NO4/c1-15(2)8-13(18)11(9-21-15)16(20)10-6-4-5-7-12(10)17(3)14(16)19/h4-7,11,20H,8-9H2,1-3H3/t11-,16-/m1/s1. The van der Waals surface area contributed by atoms with E-state index < -0.39 is 23.0 Å². The van der Waals surface area contributed by atoms with Crippen LogP contribution in [-0.2, 0) is 19.9 Å². The number of hydrogen-bond donors (Lipinski definition) is 1. The SMILES string of the molecule is CN1C(=O)[C@](O)([C@@H]2COC(C)(C)CC2=O)c2ccccc21.